The van der Waals surface area contributed by atoms with Gasteiger partial charge in [-0.15, -0.1) is 0 Å². The van der Waals surface area contributed by atoms with Crippen LogP contribution in [0.25, 0.3) is 11.3 Å². The quantitative estimate of drug-likeness (QED) is 0.298. The average Bonchev–Trinajstić information content (AvgIpc) is 3.67. The van der Waals surface area contributed by atoms with Gasteiger partial charge in [0.15, 0.2) is 11.5 Å². The molecular formula is C31H32N8O3. The second-order valence-electron chi connectivity index (χ2n) is 11.0. The van der Waals surface area contributed by atoms with Crippen molar-refractivity contribution in [3.05, 3.63) is 90.4 Å². The van der Waals surface area contributed by atoms with Gasteiger partial charge in [-0.3, -0.25) is 9.69 Å². The van der Waals surface area contributed by atoms with Crippen LogP contribution >= 0.6 is 0 Å². The van der Waals surface area contributed by atoms with E-state index in [9.17, 15) is 9.59 Å². The molecule has 2 aliphatic rings. The minimum absolute atomic E-state index is 0.0984. The summed E-state index contributed by atoms with van der Waals surface area (Å²) in [5.74, 6) is 1.36. The Morgan fingerprint density at radius 1 is 1.02 bits per heavy atom. The predicted octanol–water partition coefficient (Wildman–Crippen LogP) is 3.96. The van der Waals surface area contributed by atoms with Crippen molar-refractivity contribution in [3.63, 3.8) is 0 Å². The van der Waals surface area contributed by atoms with E-state index in [1.807, 2.05) is 83.7 Å². The normalized spacial score (nSPS) is 17.4. The molecule has 0 saturated carbocycles. The van der Waals surface area contributed by atoms with Crippen LogP contribution in [0.5, 0.6) is 5.75 Å². The van der Waals surface area contributed by atoms with E-state index in [4.69, 9.17) is 9.72 Å². The lowest BCUT2D eigenvalue weighted by Gasteiger charge is -2.37. The van der Waals surface area contributed by atoms with E-state index in [-0.39, 0.29) is 24.6 Å². The van der Waals surface area contributed by atoms with Crippen molar-refractivity contribution in [3.8, 4) is 5.75 Å². The van der Waals surface area contributed by atoms with Crippen molar-refractivity contribution in [1.29, 1.82) is 0 Å². The molecule has 1 atom stereocenters. The second-order valence-corrected chi connectivity index (χ2v) is 11.0. The number of nitrogens with one attached hydrogen (secondary N) is 1. The Morgan fingerprint density at radius 2 is 1.79 bits per heavy atom. The number of pyridine rings is 1. The summed E-state index contributed by atoms with van der Waals surface area (Å²) in [6, 6.07) is 13.6. The van der Waals surface area contributed by atoms with Crippen LogP contribution in [-0.2, 0) is 11.2 Å². The number of rotatable bonds is 7. The lowest BCUT2D eigenvalue weighted by Crippen LogP contribution is -2.55. The van der Waals surface area contributed by atoms with Crippen LogP contribution in [0.3, 0.4) is 0 Å². The van der Waals surface area contributed by atoms with Gasteiger partial charge in [0.25, 0.3) is 5.91 Å². The monoisotopic (exact) mass is 564 g/mol. The summed E-state index contributed by atoms with van der Waals surface area (Å²) in [5, 5.41) is 3.02. The Kier molecular flexibility index (Phi) is 6.29. The fraction of sp³-hybridized carbons (Fsp3) is 0.323. The Balaban J connectivity index is 1.02. The number of imide groups is 1. The fourth-order valence-corrected chi connectivity index (χ4v) is 6.10. The SMILES string of the molecule is Cc1c(CCN2C(=O)NC3(CCN(c4nccn5ccnc45)CC3)C2=O)nc2cc(OC(C)c3ccccc3)ccn12. The van der Waals surface area contributed by atoms with E-state index >= 15 is 0 Å². The highest BCUT2D eigenvalue weighted by molar-refractivity contribution is 6.07. The van der Waals surface area contributed by atoms with E-state index in [0.29, 0.717) is 32.4 Å². The summed E-state index contributed by atoms with van der Waals surface area (Å²) in [5.41, 5.74) is 3.58. The molecule has 42 heavy (non-hydrogen) atoms. The number of benzene rings is 1. The summed E-state index contributed by atoms with van der Waals surface area (Å²) < 4.78 is 10.1. The number of carbonyl (C=O) groups excluding carboxylic acids is 2. The molecule has 1 aromatic carbocycles. The number of urea groups is 1. The second kappa shape index (κ2) is 10.2. The molecule has 11 heteroatoms. The smallest absolute Gasteiger partial charge is 0.325 e. The van der Waals surface area contributed by atoms with Crippen LogP contribution in [0.15, 0.2) is 73.4 Å². The summed E-state index contributed by atoms with van der Waals surface area (Å²) in [6.45, 7) is 5.48. The fourth-order valence-electron chi connectivity index (χ4n) is 6.10. The zero-order valence-corrected chi connectivity index (χ0v) is 23.6. The molecule has 0 bridgehead atoms. The van der Waals surface area contributed by atoms with Crippen LogP contribution in [0.4, 0.5) is 10.6 Å². The van der Waals surface area contributed by atoms with Crippen molar-refractivity contribution in [2.45, 2.75) is 44.8 Å². The number of fused-ring (bicyclic) bond motifs is 2. The number of nitrogens with zero attached hydrogens (tertiary/aromatic N) is 7. The van der Waals surface area contributed by atoms with Crippen LogP contribution in [-0.4, -0.2) is 65.8 Å². The number of piperidine rings is 1. The van der Waals surface area contributed by atoms with Crippen molar-refractivity contribution >= 4 is 29.1 Å². The highest BCUT2D eigenvalue weighted by Crippen LogP contribution is 2.32. The Hall–Kier alpha value is -4.93. The molecule has 2 saturated heterocycles. The molecule has 214 valence electrons. The van der Waals surface area contributed by atoms with Crippen molar-refractivity contribution in [1.82, 2.24) is 34.0 Å². The highest BCUT2D eigenvalue weighted by atomic mass is 16.5. The maximum atomic E-state index is 13.6. The largest absolute Gasteiger partial charge is 0.486 e. The van der Waals surface area contributed by atoms with Gasteiger partial charge >= 0.3 is 6.03 Å². The van der Waals surface area contributed by atoms with Gasteiger partial charge in [-0.1, -0.05) is 30.3 Å². The summed E-state index contributed by atoms with van der Waals surface area (Å²) in [7, 11) is 0. The number of anilines is 1. The highest BCUT2D eigenvalue weighted by Gasteiger charge is 2.52. The van der Waals surface area contributed by atoms with Crippen LogP contribution in [0.2, 0.25) is 0 Å². The van der Waals surface area contributed by atoms with Crippen LogP contribution < -0.4 is 15.0 Å². The maximum Gasteiger partial charge on any atom is 0.325 e. The zero-order chi connectivity index (χ0) is 28.8. The third-order valence-electron chi connectivity index (χ3n) is 8.54. The van der Waals surface area contributed by atoms with Crippen LogP contribution in [0, 0.1) is 6.92 Å². The molecule has 0 aliphatic carbocycles. The van der Waals surface area contributed by atoms with E-state index < -0.39 is 5.54 Å². The average molecular weight is 565 g/mol. The minimum Gasteiger partial charge on any atom is -0.486 e. The molecule has 1 N–H and O–H groups in total. The minimum atomic E-state index is -0.885. The molecule has 0 radical (unpaired) electrons. The first-order valence-electron chi connectivity index (χ1n) is 14.3. The van der Waals surface area contributed by atoms with Gasteiger partial charge in [0.1, 0.15) is 23.0 Å². The third kappa shape index (κ3) is 4.41. The first-order chi connectivity index (χ1) is 20.4. The zero-order valence-electron chi connectivity index (χ0n) is 23.6. The van der Waals surface area contributed by atoms with Gasteiger partial charge in [0.2, 0.25) is 0 Å². The molecule has 5 aromatic rings. The van der Waals surface area contributed by atoms with E-state index in [0.717, 1.165) is 39.8 Å². The number of aryl methyl sites for hydroxylation is 1. The van der Waals surface area contributed by atoms with Gasteiger partial charge in [0.05, 0.1) is 5.69 Å². The van der Waals surface area contributed by atoms with E-state index in [1.54, 1.807) is 12.4 Å². The molecule has 11 nitrogen and oxygen atoms in total. The Labute approximate surface area is 242 Å². The molecule has 1 unspecified atom stereocenters. The molecular weight excluding hydrogens is 532 g/mol. The first-order valence-corrected chi connectivity index (χ1v) is 14.3. The predicted molar refractivity (Wildman–Crippen MR) is 157 cm³/mol. The molecule has 1 spiro atoms. The summed E-state index contributed by atoms with van der Waals surface area (Å²) in [4.78, 5) is 43.9. The van der Waals surface area contributed by atoms with Crippen molar-refractivity contribution < 1.29 is 14.3 Å². The van der Waals surface area contributed by atoms with Crippen molar-refractivity contribution in [2.24, 2.45) is 0 Å². The molecule has 2 fully saturated rings. The molecule has 3 amide bonds. The first kappa shape index (κ1) is 26.0. The molecule has 4 aromatic heterocycles. The van der Waals surface area contributed by atoms with Crippen LogP contribution in [0.1, 0.15) is 42.8 Å². The number of aromatic nitrogens is 5. The van der Waals surface area contributed by atoms with Gasteiger partial charge in [-0.05, 0) is 38.3 Å². The topological polar surface area (TPSA) is 109 Å². The Bertz CT molecular complexity index is 1790. The van der Waals surface area contributed by atoms with Gasteiger partial charge in [-0.25, -0.2) is 19.7 Å². The Morgan fingerprint density at radius 3 is 2.57 bits per heavy atom. The van der Waals surface area contributed by atoms with Gasteiger partial charge in [0, 0.05) is 68.8 Å². The number of hydrogen-bond donors (Lipinski definition) is 1. The number of imidazole rings is 2. The lowest BCUT2D eigenvalue weighted by atomic mass is 9.87. The molecule has 2 aliphatic heterocycles. The number of amides is 3. The summed E-state index contributed by atoms with van der Waals surface area (Å²) in [6.07, 6.45) is 10.6. The number of hydrogen-bond acceptors (Lipinski definition) is 7. The third-order valence-corrected chi connectivity index (χ3v) is 8.54. The standard InChI is InChI=1S/C31H32N8O3/c1-21-25(34-26-20-24(8-14-38(21)26)42-22(2)23-6-4-3-5-7-23)9-15-39-29(40)31(35-30(39)41)10-16-36(17-11-31)27-28-33-13-19-37(28)18-12-32-27/h3-8,12-14,18-20,22H,9-11,15-17H2,1-2H3,(H,35,41). The van der Waals surface area contributed by atoms with E-state index in [1.165, 1.54) is 4.90 Å². The number of ether oxygens (including phenoxy) is 1. The lowest BCUT2D eigenvalue weighted by molar-refractivity contribution is -0.132. The van der Waals surface area contributed by atoms with Gasteiger partial charge in [-0.2, -0.15) is 0 Å². The number of carbonyl (C=O) groups is 2. The van der Waals surface area contributed by atoms with E-state index in [2.05, 4.69) is 20.2 Å². The summed E-state index contributed by atoms with van der Waals surface area (Å²) >= 11 is 0. The van der Waals surface area contributed by atoms with Crippen molar-refractivity contribution in [2.75, 3.05) is 24.5 Å². The van der Waals surface area contributed by atoms with Gasteiger partial charge < -0.3 is 23.8 Å². The molecule has 6 heterocycles. The molecule has 7 rings (SSSR count). The maximum absolute atomic E-state index is 13.6.